The van der Waals surface area contributed by atoms with E-state index in [1.54, 1.807) is 0 Å². The highest BCUT2D eigenvalue weighted by molar-refractivity contribution is 5.80. The van der Waals surface area contributed by atoms with Crippen LogP contribution in [0.25, 0.3) is 27.9 Å². The van der Waals surface area contributed by atoms with Crippen molar-refractivity contribution in [1.29, 1.82) is 0 Å². The van der Waals surface area contributed by atoms with Gasteiger partial charge in [-0.1, -0.05) is 36.4 Å². The van der Waals surface area contributed by atoms with Crippen molar-refractivity contribution < 1.29 is 0 Å². The molecule has 0 amide bonds. The molecule has 6 heteroatoms. The van der Waals surface area contributed by atoms with Crippen molar-refractivity contribution in [2.24, 2.45) is 0 Å². The first kappa shape index (κ1) is 14.7. The topological polar surface area (TPSA) is 70.9 Å². The lowest BCUT2D eigenvalue weighted by atomic mass is 10.1. The van der Waals surface area contributed by atoms with Crippen LogP contribution in [0, 0.1) is 6.92 Å². The van der Waals surface area contributed by atoms with Crippen LogP contribution in [0.15, 0.2) is 66.7 Å². The van der Waals surface area contributed by atoms with Gasteiger partial charge in [-0.3, -0.25) is 0 Å². The van der Waals surface area contributed by atoms with E-state index in [4.69, 9.17) is 0 Å². The standard InChI is InChI=1S/C20H16N6/c1-13-21-16-11-10-15(12-17(16)22-13)23-20-24-19-9-5-8-18(26(19)25-20)14-6-3-2-4-7-14/h2-12H,1H3,(H,21,22)(H,23,25). The molecule has 0 fully saturated rings. The molecular formula is C20H16N6. The summed E-state index contributed by atoms with van der Waals surface area (Å²) in [7, 11) is 0. The Morgan fingerprint density at radius 3 is 2.69 bits per heavy atom. The van der Waals surface area contributed by atoms with Gasteiger partial charge in [-0.25, -0.2) is 9.50 Å². The maximum absolute atomic E-state index is 4.64. The van der Waals surface area contributed by atoms with Crippen molar-refractivity contribution in [2.75, 3.05) is 5.32 Å². The van der Waals surface area contributed by atoms with Crippen LogP contribution in [0.4, 0.5) is 11.6 Å². The van der Waals surface area contributed by atoms with Crippen LogP contribution in [0.3, 0.4) is 0 Å². The second-order valence-corrected chi connectivity index (χ2v) is 6.16. The van der Waals surface area contributed by atoms with E-state index in [0.29, 0.717) is 5.95 Å². The minimum absolute atomic E-state index is 0.556. The van der Waals surface area contributed by atoms with Crippen molar-refractivity contribution >= 4 is 28.3 Å². The number of nitrogens with one attached hydrogen (secondary N) is 2. The van der Waals surface area contributed by atoms with Gasteiger partial charge >= 0.3 is 0 Å². The lowest BCUT2D eigenvalue weighted by Gasteiger charge is -2.03. The third kappa shape index (κ3) is 2.48. The molecule has 0 saturated heterocycles. The number of hydrogen-bond donors (Lipinski definition) is 2. The van der Waals surface area contributed by atoms with E-state index in [2.05, 4.69) is 37.5 Å². The summed E-state index contributed by atoms with van der Waals surface area (Å²) >= 11 is 0. The largest absolute Gasteiger partial charge is 0.342 e. The fourth-order valence-corrected chi connectivity index (χ4v) is 3.13. The number of pyridine rings is 1. The lowest BCUT2D eigenvalue weighted by Crippen LogP contribution is -1.95. The normalized spacial score (nSPS) is 11.3. The molecule has 3 aromatic heterocycles. The molecule has 5 rings (SSSR count). The second kappa shape index (κ2) is 5.70. The Hall–Kier alpha value is -3.67. The van der Waals surface area contributed by atoms with Crippen molar-refractivity contribution in [3.63, 3.8) is 0 Å². The number of nitrogens with zero attached hydrogens (tertiary/aromatic N) is 4. The average Bonchev–Trinajstić information content (AvgIpc) is 3.23. The molecule has 3 heterocycles. The van der Waals surface area contributed by atoms with E-state index in [9.17, 15) is 0 Å². The van der Waals surface area contributed by atoms with Gasteiger partial charge in [-0.15, -0.1) is 5.10 Å². The Labute approximate surface area is 149 Å². The van der Waals surface area contributed by atoms with Crippen LogP contribution in [-0.2, 0) is 0 Å². The predicted octanol–water partition coefficient (Wildman–Crippen LogP) is 4.32. The summed E-state index contributed by atoms with van der Waals surface area (Å²) in [5.41, 5.74) is 5.74. The number of hydrogen-bond acceptors (Lipinski definition) is 4. The number of H-pyrrole nitrogens is 1. The SMILES string of the molecule is Cc1nc2cc(Nc3nc4cccc(-c5ccccc5)n4n3)ccc2[nH]1. The maximum atomic E-state index is 4.64. The van der Waals surface area contributed by atoms with Crippen molar-refractivity contribution in [3.8, 4) is 11.3 Å². The van der Waals surface area contributed by atoms with Gasteiger partial charge in [0.05, 0.1) is 16.7 Å². The molecule has 0 saturated carbocycles. The van der Waals surface area contributed by atoms with E-state index < -0.39 is 0 Å². The molecule has 26 heavy (non-hydrogen) atoms. The van der Waals surface area contributed by atoms with E-state index in [0.717, 1.165) is 39.4 Å². The first-order chi connectivity index (χ1) is 12.8. The van der Waals surface area contributed by atoms with Crippen molar-refractivity contribution in [3.05, 3.63) is 72.6 Å². The zero-order chi connectivity index (χ0) is 17.5. The van der Waals surface area contributed by atoms with E-state index >= 15 is 0 Å². The molecule has 2 N–H and O–H groups in total. The van der Waals surface area contributed by atoms with Crippen molar-refractivity contribution in [1.82, 2.24) is 24.6 Å². The zero-order valence-corrected chi connectivity index (χ0v) is 14.1. The lowest BCUT2D eigenvalue weighted by molar-refractivity contribution is 0.973. The third-order valence-electron chi connectivity index (χ3n) is 4.29. The monoisotopic (exact) mass is 340 g/mol. The molecule has 126 valence electrons. The van der Waals surface area contributed by atoms with Gasteiger partial charge in [0, 0.05) is 11.3 Å². The highest BCUT2D eigenvalue weighted by Gasteiger charge is 2.09. The minimum Gasteiger partial charge on any atom is -0.342 e. The Bertz CT molecular complexity index is 1220. The number of anilines is 2. The van der Waals surface area contributed by atoms with Crippen LogP contribution in [-0.4, -0.2) is 24.6 Å². The molecule has 6 nitrogen and oxygen atoms in total. The molecule has 0 bridgehead atoms. The molecule has 0 aliphatic heterocycles. The molecule has 0 aliphatic carbocycles. The fraction of sp³-hybridized carbons (Fsp3) is 0.0500. The van der Waals surface area contributed by atoms with E-state index in [1.165, 1.54) is 0 Å². The average molecular weight is 340 g/mol. The maximum Gasteiger partial charge on any atom is 0.247 e. The number of aromatic nitrogens is 5. The van der Waals surface area contributed by atoms with Gasteiger partial charge < -0.3 is 10.3 Å². The number of imidazole rings is 1. The van der Waals surface area contributed by atoms with Gasteiger partial charge in [-0.2, -0.15) is 4.98 Å². The summed E-state index contributed by atoms with van der Waals surface area (Å²) in [5, 5.41) is 7.91. The highest BCUT2D eigenvalue weighted by atomic mass is 15.4. The Morgan fingerprint density at radius 1 is 0.923 bits per heavy atom. The summed E-state index contributed by atoms with van der Waals surface area (Å²) in [6.45, 7) is 1.95. The van der Waals surface area contributed by atoms with Gasteiger partial charge in [-0.05, 0) is 37.3 Å². The molecular weight excluding hydrogens is 324 g/mol. The fourth-order valence-electron chi connectivity index (χ4n) is 3.13. The minimum atomic E-state index is 0.556. The van der Waals surface area contributed by atoms with Gasteiger partial charge in [0.25, 0.3) is 0 Å². The Morgan fingerprint density at radius 2 is 1.81 bits per heavy atom. The number of aryl methyl sites for hydroxylation is 1. The third-order valence-corrected chi connectivity index (χ3v) is 4.29. The molecule has 0 unspecified atom stereocenters. The Kier molecular flexibility index (Phi) is 3.21. The molecule has 2 aromatic carbocycles. The van der Waals surface area contributed by atoms with Crippen LogP contribution >= 0.6 is 0 Å². The van der Waals surface area contributed by atoms with E-state index in [-0.39, 0.29) is 0 Å². The van der Waals surface area contributed by atoms with Crippen LogP contribution < -0.4 is 5.32 Å². The van der Waals surface area contributed by atoms with Crippen LogP contribution in [0.5, 0.6) is 0 Å². The highest BCUT2D eigenvalue weighted by Crippen LogP contribution is 2.23. The quantitative estimate of drug-likeness (QED) is 0.513. The molecule has 0 aliphatic rings. The second-order valence-electron chi connectivity index (χ2n) is 6.16. The van der Waals surface area contributed by atoms with Gasteiger partial charge in [0.2, 0.25) is 5.95 Å². The zero-order valence-electron chi connectivity index (χ0n) is 14.1. The molecule has 0 spiro atoms. The molecule has 0 radical (unpaired) electrons. The first-order valence-electron chi connectivity index (χ1n) is 8.41. The van der Waals surface area contributed by atoms with Crippen LogP contribution in [0.2, 0.25) is 0 Å². The first-order valence-corrected chi connectivity index (χ1v) is 8.41. The van der Waals surface area contributed by atoms with E-state index in [1.807, 2.05) is 66.0 Å². The van der Waals surface area contributed by atoms with Gasteiger partial charge in [0.15, 0.2) is 5.65 Å². The molecule has 5 aromatic rings. The number of aromatic amines is 1. The summed E-state index contributed by atoms with van der Waals surface area (Å²) in [6, 6.07) is 22.1. The predicted molar refractivity (Wildman–Crippen MR) is 103 cm³/mol. The molecule has 0 atom stereocenters. The number of rotatable bonds is 3. The van der Waals surface area contributed by atoms with Crippen molar-refractivity contribution in [2.45, 2.75) is 6.92 Å². The summed E-state index contributed by atoms with van der Waals surface area (Å²) in [6.07, 6.45) is 0. The summed E-state index contributed by atoms with van der Waals surface area (Å²) in [4.78, 5) is 12.3. The van der Waals surface area contributed by atoms with Crippen LogP contribution in [0.1, 0.15) is 5.82 Å². The number of fused-ring (bicyclic) bond motifs is 2. The smallest absolute Gasteiger partial charge is 0.247 e. The summed E-state index contributed by atoms with van der Waals surface area (Å²) < 4.78 is 1.86. The summed E-state index contributed by atoms with van der Waals surface area (Å²) in [5.74, 6) is 1.45. The van der Waals surface area contributed by atoms with Gasteiger partial charge in [0.1, 0.15) is 5.82 Å². The number of benzene rings is 2. The Balaban J connectivity index is 1.55.